The number of aromatic nitrogens is 3. The number of isocyanates is 1. The number of halogens is 1. The molecule has 2 aromatic heterocycles. The van der Waals surface area contributed by atoms with Gasteiger partial charge in [-0.2, -0.15) is 0 Å². The largest absolute Gasteiger partial charge is 0.267 e. The van der Waals surface area contributed by atoms with Crippen LogP contribution in [0.3, 0.4) is 0 Å². The van der Waals surface area contributed by atoms with Gasteiger partial charge in [-0.25, -0.2) is 14.8 Å². The second kappa shape index (κ2) is 3.08. The van der Waals surface area contributed by atoms with Gasteiger partial charge in [0.05, 0.1) is 10.7 Å². The predicted octanol–water partition coefficient (Wildman–Crippen LogP) is 1.46. The number of nitrogens with zero attached hydrogens (tertiary/aromatic N) is 4. The Balaban J connectivity index is 2.78. The fourth-order valence-electron chi connectivity index (χ4n) is 0.967. The summed E-state index contributed by atoms with van der Waals surface area (Å²) in [5.41, 5.74) is 0. The van der Waals surface area contributed by atoms with Crippen molar-refractivity contribution in [3.05, 3.63) is 23.1 Å². The van der Waals surface area contributed by atoms with Crippen molar-refractivity contribution < 1.29 is 4.79 Å². The summed E-state index contributed by atoms with van der Waals surface area (Å²) in [6, 6.07) is 0. The van der Waals surface area contributed by atoms with Gasteiger partial charge in [0.25, 0.3) is 0 Å². The average Bonchev–Trinajstić information content (AvgIpc) is 2.49. The lowest BCUT2D eigenvalue weighted by molar-refractivity contribution is 0.565. The van der Waals surface area contributed by atoms with Gasteiger partial charge < -0.3 is 0 Å². The average molecular weight is 239 g/mol. The zero-order valence-corrected chi connectivity index (χ0v) is 7.89. The number of fused-ring (bicyclic) bond motifs is 1. The summed E-state index contributed by atoms with van der Waals surface area (Å²) in [6.07, 6.45) is 6.26. The minimum atomic E-state index is 0.416. The minimum absolute atomic E-state index is 0.416. The highest BCUT2D eigenvalue weighted by Gasteiger charge is 2.02. The van der Waals surface area contributed by atoms with Crippen LogP contribution < -0.4 is 0 Å². The fraction of sp³-hybridized carbons (Fsp3) is 0. The van der Waals surface area contributed by atoms with Crippen LogP contribution >= 0.6 is 15.9 Å². The van der Waals surface area contributed by atoms with E-state index in [0.717, 1.165) is 4.47 Å². The molecule has 0 atom stereocenters. The van der Waals surface area contributed by atoms with Crippen molar-refractivity contribution in [2.24, 2.45) is 4.99 Å². The molecule has 0 fully saturated rings. The number of hydrogen-bond acceptors (Lipinski definition) is 4. The molecule has 0 unspecified atom stereocenters. The van der Waals surface area contributed by atoms with Crippen LogP contribution in [0, 0.1) is 0 Å². The first-order valence-corrected chi connectivity index (χ1v) is 4.17. The molecule has 0 amide bonds. The summed E-state index contributed by atoms with van der Waals surface area (Å²) < 4.78 is 2.38. The van der Waals surface area contributed by atoms with Gasteiger partial charge in [-0.3, -0.25) is 4.40 Å². The smallest absolute Gasteiger partial charge is 0.242 e. The second-order valence-corrected chi connectivity index (χ2v) is 3.18. The highest BCUT2D eigenvalue weighted by Crippen LogP contribution is 2.15. The highest BCUT2D eigenvalue weighted by molar-refractivity contribution is 9.10. The topological polar surface area (TPSA) is 59.6 Å². The molecule has 2 heterocycles. The third-order valence-corrected chi connectivity index (χ3v) is 1.88. The number of rotatable bonds is 1. The zero-order valence-electron chi connectivity index (χ0n) is 6.31. The van der Waals surface area contributed by atoms with Gasteiger partial charge in [0, 0.05) is 12.4 Å². The summed E-state index contributed by atoms with van der Waals surface area (Å²) in [5, 5.41) is 0. The van der Waals surface area contributed by atoms with Crippen molar-refractivity contribution in [2.75, 3.05) is 0 Å². The van der Waals surface area contributed by atoms with E-state index in [0.29, 0.717) is 11.6 Å². The van der Waals surface area contributed by atoms with E-state index in [1.165, 1.54) is 12.3 Å². The monoisotopic (exact) mass is 238 g/mol. The van der Waals surface area contributed by atoms with E-state index >= 15 is 0 Å². The lowest BCUT2D eigenvalue weighted by Gasteiger charge is -1.93. The van der Waals surface area contributed by atoms with Crippen molar-refractivity contribution in [3.63, 3.8) is 0 Å². The summed E-state index contributed by atoms with van der Waals surface area (Å²) in [4.78, 5) is 21.4. The summed E-state index contributed by atoms with van der Waals surface area (Å²) in [7, 11) is 0. The van der Waals surface area contributed by atoms with Gasteiger partial charge in [0.1, 0.15) is 0 Å². The summed E-state index contributed by atoms with van der Waals surface area (Å²) in [6.45, 7) is 0. The van der Waals surface area contributed by atoms with Crippen LogP contribution in [0.15, 0.2) is 28.1 Å². The molecule has 0 radical (unpaired) electrons. The SMILES string of the molecule is O=C=Nc1cnc2ncc(Br)cn12. The maximum atomic E-state index is 10.0. The van der Waals surface area contributed by atoms with Crippen molar-refractivity contribution in [1.82, 2.24) is 14.4 Å². The predicted molar refractivity (Wildman–Crippen MR) is 48.5 cm³/mol. The Labute approximate surface area is 81.3 Å². The maximum Gasteiger partial charge on any atom is 0.242 e. The maximum absolute atomic E-state index is 10.0. The molecule has 5 nitrogen and oxygen atoms in total. The number of hydrogen-bond donors (Lipinski definition) is 0. The molecule has 0 aliphatic rings. The van der Waals surface area contributed by atoms with E-state index in [9.17, 15) is 4.79 Å². The van der Waals surface area contributed by atoms with E-state index in [1.807, 2.05) is 0 Å². The highest BCUT2D eigenvalue weighted by atomic mass is 79.9. The van der Waals surface area contributed by atoms with Gasteiger partial charge in [0.15, 0.2) is 5.82 Å². The first kappa shape index (κ1) is 8.10. The molecule has 0 aliphatic carbocycles. The van der Waals surface area contributed by atoms with Crippen LogP contribution in [0.5, 0.6) is 0 Å². The van der Waals surface area contributed by atoms with Crippen LogP contribution in [0.25, 0.3) is 5.78 Å². The fourth-order valence-corrected chi connectivity index (χ4v) is 1.27. The Morgan fingerprint density at radius 3 is 3.00 bits per heavy atom. The Morgan fingerprint density at radius 1 is 1.46 bits per heavy atom. The lowest BCUT2D eigenvalue weighted by atomic mass is 10.6. The molecular weight excluding hydrogens is 236 g/mol. The van der Waals surface area contributed by atoms with Crippen molar-refractivity contribution in [3.8, 4) is 0 Å². The standard InChI is InChI=1S/C7H3BrN4O/c8-5-1-9-7-10-2-6(11-4-13)12(7)3-5/h1-3H. The van der Waals surface area contributed by atoms with Crippen LogP contribution in [-0.4, -0.2) is 20.4 Å². The van der Waals surface area contributed by atoms with Crippen LogP contribution in [0.1, 0.15) is 0 Å². The second-order valence-electron chi connectivity index (χ2n) is 2.26. The Morgan fingerprint density at radius 2 is 2.23 bits per heavy atom. The molecular formula is C7H3BrN4O. The Bertz CT molecular complexity index is 500. The summed E-state index contributed by atoms with van der Waals surface area (Å²) in [5.74, 6) is 0.913. The summed E-state index contributed by atoms with van der Waals surface area (Å²) >= 11 is 3.25. The van der Waals surface area contributed by atoms with E-state index < -0.39 is 0 Å². The van der Waals surface area contributed by atoms with Gasteiger partial charge in [0.2, 0.25) is 11.9 Å². The molecule has 0 saturated heterocycles. The number of imidazole rings is 1. The molecule has 2 aromatic rings. The van der Waals surface area contributed by atoms with Gasteiger partial charge >= 0.3 is 0 Å². The van der Waals surface area contributed by atoms with E-state index in [-0.39, 0.29) is 0 Å². The molecule has 0 bridgehead atoms. The first-order valence-electron chi connectivity index (χ1n) is 3.38. The molecule has 0 saturated carbocycles. The van der Waals surface area contributed by atoms with Gasteiger partial charge in [-0.1, -0.05) is 0 Å². The molecule has 0 aliphatic heterocycles. The lowest BCUT2D eigenvalue weighted by Crippen LogP contribution is -1.86. The van der Waals surface area contributed by atoms with Gasteiger partial charge in [-0.05, 0) is 15.9 Å². The van der Waals surface area contributed by atoms with E-state index in [4.69, 9.17) is 0 Å². The van der Waals surface area contributed by atoms with Crippen molar-refractivity contribution in [1.29, 1.82) is 0 Å². The van der Waals surface area contributed by atoms with Crippen LogP contribution in [0.2, 0.25) is 0 Å². The molecule has 0 spiro atoms. The van der Waals surface area contributed by atoms with E-state index in [2.05, 4.69) is 30.9 Å². The third kappa shape index (κ3) is 1.37. The molecule has 2 rings (SSSR count). The third-order valence-electron chi connectivity index (χ3n) is 1.47. The number of aliphatic imine (C=N–C) groups is 1. The van der Waals surface area contributed by atoms with Crippen LogP contribution in [-0.2, 0) is 4.79 Å². The van der Waals surface area contributed by atoms with E-state index in [1.54, 1.807) is 16.8 Å². The normalized spacial score (nSPS) is 9.92. The zero-order chi connectivity index (χ0) is 9.26. The number of carbonyl (C=O) groups excluding carboxylic acids is 1. The molecule has 6 heteroatoms. The Kier molecular flexibility index (Phi) is 1.92. The molecule has 0 N–H and O–H groups in total. The molecule has 13 heavy (non-hydrogen) atoms. The van der Waals surface area contributed by atoms with Crippen molar-refractivity contribution >= 4 is 33.6 Å². The van der Waals surface area contributed by atoms with Gasteiger partial charge in [-0.15, -0.1) is 4.99 Å². The first-order chi connectivity index (χ1) is 6.31. The van der Waals surface area contributed by atoms with Crippen molar-refractivity contribution in [2.45, 2.75) is 0 Å². The molecule has 64 valence electrons. The minimum Gasteiger partial charge on any atom is -0.267 e. The molecule has 0 aromatic carbocycles. The van der Waals surface area contributed by atoms with Crippen LogP contribution in [0.4, 0.5) is 5.82 Å². The quantitative estimate of drug-likeness (QED) is 0.559. The Hall–Kier alpha value is -1.52.